The Bertz CT molecular complexity index is 1080. The maximum absolute atomic E-state index is 12.8. The number of aromatic nitrogens is 1. The summed E-state index contributed by atoms with van der Waals surface area (Å²) in [7, 11) is 0. The zero-order chi connectivity index (χ0) is 20.3. The van der Waals surface area contributed by atoms with Gasteiger partial charge in [-0.05, 0) is 54.4 Å². The normalized spacial score (nSPS) is 11.0. The van der Waals surface area contributed by atoms with E-state index < -0.39 is 17.6 Å². The van der Waals surface area contributed by atoms with Crippen molar-refractivity contribution in [1.82, 2.24) is 4.98 Å². The first-order valence-corrected chi connectivity index (χ1v) is 8.23. The molecule has 0 spiro atoms. The number of nitrogens with one attached hydrogen (secondary N) is 1. The first-order valence-electron chi connectivity index (χ1n) is 8.23. The molecule has 0 unspecified atom stereocenters. The van der Waals surface area contributed by atoms with Gasteiger partial charge in [0.2, 0.25) is 0 Å². The largest absolute Gasteiger partial charge is 0.416 e. The van der Waals surface area contributed by atoms with Crippen molar-refractivity contribution >= 4 is 11.6 Å². The number of benzene rings is 2. The number of anilines is 1. The fraction of sp³-hybridized carbons (Fsp3) is 0.0952. The van der Waals surface area contributed by atoms with E-state index in [-0.39, 0.29) is 5.56 Å². The summed E-state index contributed by atoms with van der Waals surface area (Å²) in [4.78, 5) is 16.4. The molecule has 0 saturated heterocycles. The average molecular weight is 381 g/mol. The van der Waals surface area contributed by atoms with Crippen LogP contribution in [0.4, 0.5) is 18.9 Å². The lowest BCUT2D eigenvalue weighted by atomic mass is 10.00. The van der Waals surface area contributed by atoms with Gasteiger partial charge in [0, 0.05) is 29.2 Å². The van der Waals surface area contributed by atoms with Gasteiger partial charge in [-0.25, -0.2) is 0 Å². The molecule has 3 aromatic rings. The minimum absolute atomic E-state index is 0.0925. The zero-order valence-electron chi connectivity index (χ0n) is 14.7. The number of pyridine rings is 1. The van der Waals surface area contributed by atoms with Crippen molar-refractivity contribution in [2.75, 3.05) is 5.32 Å². The number of nitriles is 1. The summed E-state index contributed by atoms with van der Waals surface area (Å²) >= 11 is 0. The van der Waals surface area contributed by atoms with Gasteiger partial charge >= 0.3 is 6.18 Å². The van der Waals surface area contributed by atoms with Gasteiger partial charge in [0.05, 0.1) is 11.1 Å². The number of alkyl halides is 3. The number of carbonyl (C=O) groups is 1. The van der Waals surface area contributed by atoms with Crippen LogP contribution in [0, 0.1) is 18.3 Å². The van der Waals surface area contributed by atoms with Crippen molar-refractivity contribution in [3.8, 4) is 17.2 Å². The van der Waals surface area contributed by atoms with E-state index >= 15 is 0 Å². The van der Waals surface area contributed by atoms with Crippen molar-refractivity contribution < 1.29 is 18.0 Å². The van der Waals surface area contributed by atoms with Crippen LogP contribution in [0.5, 0.6) is 0 Å². The second-order valence-electron chi connectivity index (χ2n) is 6.14. The summed E-state index contributed by atoms with van der Waals surface area (Å²) in [5.74, 6) is -0.648. The van der Waals surface area contributed by atoms with Crippen LogP contribution in [0.3, 0.4) is 0 Å². The van der Waals surface area contributed by atoms with E-state index in [0.717, 1.165) is 23.3 Å². The van der Waals surface area contributed by atoms with Gasteiger partial charge in [0.25, 0.3) is 5.91 Å². The molecule has 1 heterocycles. The molecule has 1 N–H and O–H groups in total. The van der Waals surface area contributed by atoms with Gasteiger partial charge in [-0.15, -0.1) is 0 Å². The summed E-state index contributed by atoms with van der Waals surface area (Å²) in [6.07, 6.45) is -1.48. The number of rotatable bonds is 3. The smallest absolute Gasteiger partial charge is 0.322 e. The van der Waals surface area contributed by atoms with Crippen molar-refractivity contribution in [2.24, 2.45) is 0 Å². The predicted molar refractivity (Wildman–Crippen MR) is 98.5 cm³/mol. The highest BCUT2D eigenvalue weighted by molar-refractivity contribution is 6.04. The molecular weight excluding hydrogens is 367 g/mol. The molecule has 140 valence electrons. The van der Waals surface area contributed by atoms with Crippen LogP contribution in [-0.4, -0.2) is 10.9 Å². The van der Waals surface area contributed by atoms with E-state index in [0.29, 0.717) is 16.8 Å². The number of aryl methyl sites for hydroxylation is 1. The fourth-order valence-corrected chi connectivity index (χ4v) is 2.70. The van der Waals surface area contributed by atoms with Crippen molar-refractivity contribution in [2.45, 2.75) is 13.1 Å². The third-order valence-corrected chi connectivity index (χ3v) is 4.13. The van der Waals surface area contributed by atoms with Crippen LogP contribution in [0.15, 0.2) is 60.9 Å². The van der Waals surface area contributed by atoms with E-state index in [4.69, 9.17) is 5.26 Å². The van der Waals surface area contributed by atoms with Crippen LogP contribution in [0.25, 0.3) is 11.1 Å². The molecule has 4 nitrogen and oxygen atoms in total. The Balaban J connectivity index is 1.89. The lowest BCUT2D eigenvalue weighted by Crippen LogP contribution is -2.14. The quantitative estimate of drug-likeness (QED) is 0.678. The Kier molecular flexibility index (Phi) is 5.14. The van der Waals surface area contributed by atoms with E-state index in [1.807, 2.05) is 13.0 Å². The fourth-order valence-electron chi connectivity index (χ4n) is 2.70. The van der Waals surface area contributed by atoms with Gasteiger partial charge in [0.15, 0.2) is 0 Å². The summed E-state index contributed by atoms with van der Waals surface area (Å²) in [5.41, 5.74) is 2.20. The molecule has 0 bridgehead atoms. The summed E-state index contributed by atoms with van der Waals surface area (Å²) in [5, 5.41) is 11.6. The number of hydrogen-bond donors (Lipinski definition) is 1. The second kappa shape index (κ2) is 7.53. The first kappa shape index (κ1) is 19.1. The highest BCUT2D eigenvalue weighted by Gasteiger charge is 2.30. The molecule has 3 rings (SSSR count). The van der Waals surface area contributed by atoms with Crippen LogP contribution in [0.1, 0.15) is 27.0 Å². The molecule has 0 radical (unpaired) electrons. The molecule has 0 fully saturated rings. The SMILES string of the molecule is Cc1ccc(NC(=O)c2cccc(C(F)(F)F)c2)cc1-c1cncc(C#N)c1. The summed E-state index contributed by atoms with van der Waals surface area (Å²) in [6.45, 7) is 1.87. The minimum Gasteiger partial charge on any atom is -0.322 e. The van der Waals surface area contributed by atoms with Gasteiger partial charge < -0.3 is 5.32 Å². The monoisotopic (exact) mass is 381 g/mol. The Morgan fingerprint density at radius 3 is 2.61 bits per heavy atom. The highest BCUT2D eigenvalue weighted by atomic mass is 19.4. The molecule has 0 aliphatic rings. The Morgan fingerprint density at radius 2 is 1.89 bits per heavy atom. The lowest BCUT2D eigenvalue weighted by molar-refractivity contribution is -0.137. The number of nitrogens with zero attached hydrogens (tertiary/aromatic N) is 2. The lowest BCUT2D eigenvalue weighted by Gasteiger charge is -2.12. The van der Waals surface area contributed by atoms with Crippen molar-refractivity contribution in [3.05, 3.63) is 83.2 Å². The van der Waals surface area contributed by atoms with Gasteiger partial charge in [-0.3, -0.25) is 9.78 Å². The van der Waals surface area contributed by atoms with Crippen LogP contribution in [0.2, 0.25) is 0 Å². The molecule has 0 atom stereocenters. The number of amides is 1. The first-order chi connectivity index (χ1) is 13.3. The average Bonchev–Trinajstić information content (AvgIpc) is 2.69. The second-order valence-corrected chi connectivity index (χ2v) is 6.14. The van der Waals surface area contributed by atoms with Crippen LogP contribution < -0.4 is 5.32 Å². The third kappa shape index (κ3) is 4.18. The number of hydrogen-bond acceptors (Lipinski definition) is 3. The van der Waals surface area contributed by atoms with Crippen molar-refractivity contribution in [3.63, 3.8) is 0 Å². The standard InChI is InChI=1S/C21H14F3N3O/c1-13-5-6-18(9-19(13)16-7-14(10-25)11-26-12-16)27-20(28)15-3-2-4-17(8-15)21(22,23)24/h2-9,11-12H,1H3,(H,27,28). The molecule has 0 saturated carbocycles. The zero-order valence-corrected chi connectivity index (χ0v) is 14.7. The van der Waals surface area contributed by atoms with Crippen LogP contribution >= 0.6 is 0 Å². The Morgan fingerprint density at radius 1 is 1.11 bits per heavy atom. The van der Waals surface area contributed by atoms with Gasteiger partial charge in [0.1, 0.15) is 6.07 Å². The maximum Gasteiger partial charge on any atom is 0.416 e. The molecular formula is C21H14F3N3O. The molecule has 28 heavy (non-hydrogen) atoms. The number of carbonyl (C=O) groups excluding carboxylic acids is 1. The van der Waals surface area contributed by atoms with E-state index in [9.17, 15) is 18.0 Å². The predicted octanol–water partition coefficient (Wildman–Crippen LogP) is 5.20. The molecule has 0 aliphatic carbocycles. The minimum atomic E-state index is -4.52. The van der Waals surface area contributed by atoms with Crippen LogP contribution in [-0.2, 0) is 6.18 Å². The topological polar surface area (TPSA) is 65.8 Å². The number of halogens is 3. The molecule has 1 aromatic heterocycles. The van der Waals surface area contributed by atoms with Gasteiger partial charge in [-0.1, -0.05) is 12.1 Å². The van der Waals surface area contributed by atoms with Gasteiger partial charge in [-0.2, -0.15) is 18.4 Å². The molecule has 0 aliphatic heterocycles. The third-order valence-electron chi connectivity index (χ3n) is 4.13. The Hall–Kier alpha value is -3.66. The molecule has 7 heteroatoms. The highest BCUT2D eigenvalue weighted by Crippen LogP contribution is 2.30. The van der Waals surface area contributed by atoms with E-state index in [1.165, 1.54) is 18.3 Å². The molecule has 2 aromatic carbocycles. The van der Waals surface area contributed by atoms with Crippen molar-refractivity contribution in [1.29, 1.82) is 5.26 Å². The van der Waals surface area contributed by atoms with E-state index in [2.05, 4.69) is 10.3 Å². The van der Waals surface area contributed by atoms with E-state index in [1.54, 1.807) is 30.5 Å². The Labute approximate surface area is 159 Å². The maximum atomic E-state index is 12.8. The molecule has 1 amide bonds. The summed E-state index contributed by atoms with van der Waals surface area (Å²) < 4.78 is 38.5. The summed E-state index contributed by atoms with van der Waals surface area (Å²) in [6, 6.07) is 13.1.